The van der Waals surface area contributed by atoms with Gasteiger partial charge in [-0.15, -0.1) is 0 Å². The fraction of sp³-hybridized carbons (Fsp3) is 0.684. The number of nitrogens with zero attached hydrogens (tertiary/aromatic N) is 2. The molecule has 5 nitrogen and oxygen atoms in total. The smallest absolute Gasteiger partial charge is 0.255 e. The third-order valence-electron chi connectivity index (χ3n) is 5.38. The molecule has 0 bridgehead atoms. The topological polar surface area (TPSA) is 65.5 Å². The van der Waals surface area contributed by atoms with Crippen LogP contribution in [0.15, 0.2) is 24.5 Å². The lowest BCUT2D eigenvalue weighted by Crippen LogP contribution is -2.58. The molecule has 0 aromatic carbocycles. The monoisotopic (exact) mass is 331 g/mol. The summed E-state index contributed by atoms with van der Waals surface area (Å²) in [6.45, 7) is 2.54. The van der Waals surface area contributed by atoms with Gasteiger partial charge in [-0.05, 0) is 43.2 Å². The second kappa shape index (κ2) is 8.08. The maximum absolute atomic E-state index is 12.8. The number of hydrogen-bond acceptors (Lipinski definition) is 4. The standard InChI is InChI=1S/C19H29N3O2/c23-18-19(24,15-21-13-17-8-4-10-20-12-17)9-5-11-22(18)14-16-6-2-1-3-7-16/h4,8,10,12,16,21,24H,1-3,5-7,9,11,13-15H2/t19-/m1/s1. The van der Waals surface area contributed by atoms with Gasteiger partial charge in [0.05, 0.1) is 0 Å². The Balaban J connectivity index is 1.52. The second-order valence-corrected chi connectivity index (χ2v) is 7.36. The van der Waals surface area contributed by atoms with Crippen LogP contribution in [0.1, 0.15) is 50.5 Å². The zero-order valence-electron chi connectivity index (χ0n) is 14.4. The molecule has 132 valence electrons. The van der Waals surface area contributed by atoms with Crippen molar-refractivity contribution in [3.63, 3.8) is 0 Å². The summed E-state index contributed by atoms with van der Waals surface area (Å²) in [5.41, 5.74) is -0.196. The average Bonchev–Trinajstić information content (AvgIpc) is 2.61. The average molecular weight is 331 g/mol. The van der Waals surface area contributed by atoms with Gasteiger partial charge in [0.2, 0.25) is 0 Å². The molecule has 1 aromatic heterocycles. The van der Waals surface area contributed by atoms with Gasteiger partial charge >= 0.3 is 0 Å². The zero-order chi connectivity index (χ0) is 16.8. The summed E-state index contributed by atoms with van der Waals surface area (Å²) >= 11 is 0. The number of piperidine rings is 1. The first kappa shape index (κ1) is 17.4. The van der Waals surface area contributed by atoms with E-state index in [0.29, 0.717) is 25.4 Å². The molecule has 2 heterocycles. The van der Waals surface area contributed by atoms with Gasteiger partial charge in [-0.1, -0.05) is 25.3 Å². The molecule has 24 heavy (non-hydrogen) atoms. The molecule has 2 aliphatic rings. The van der Waals surface area contributed by atoms with E-state index >= 15 is 0 Å². The molecule has 0 unspecified atom stereocenters. The van der Waals surface area contributed by atoms with Crippen LogP contribution in [-0.2, 0) is 11.3 Å². The maximum atomic E-state index is 12.8. The van der Waals surface area contributed by atoms with Crippen molar-refractivity contribution in [1.29, 1.82) is 0 Å². The molecule has 5 heteroatoms. The zero-order valence-corrected chi connectivity index (χ0v) is 14.4. The molecule has 2 N–H and O–H groups in total. The summed E-state index contributed by atoms with van der Waals surface area (Å²) in [4.78, 5) is 18.8. The van der Waals surface area contributed by atoms with Gasteiger partial charge in [-0.25, -0.2) is 0 Å². The number of pyridine rings is 1. The third-order valence-corrected chi connectivity index (χ3v) is 5.38. The van der Waals surface area contributed by atoms with Gasteiger partial charge in [-0.2, -0.15) is 0 Å². The van der Waals surface area contributed by atoms with Crippen LogP contribution in [0, 0.1) is 5.92 Å². The van der Waals surface area contributed by atoms with E-state index in [1.165, 1.54) is 32.1 Å². The van der Waals surface area contributed by atoms with Crippen molar-refractivity contribution in [2.75, 3.05) is 19.6 Å². The molecular weight excluding hydrogens is 302 g/mol. The number of rotatable bonds is 6. The van der Waals surface area contributed by atoms with Gasteiger partial charge in [-0.3, -0.25) is 9.78 Å². The largest absolute Gasteiger partial charge is 0.379 e. The first-order valence-electron chi connectivity index (χ1n) is 9.29. The lowest BCUT2D eigenvalue weighted by molar-refractivity contribution is -0.157. The Morgan fingerprint density at radius 2 is 2.12 bits per heavy atom. The minimum Gasteiger partial charge on any atom is -0.379 e. The highest BCUT2D eigenvalue weighted by Crippen LogP contribution is 2.28. The Kier molecular flexibility index (Phi) is 5.85. The number of carbonyl (C=O) groups excluding carboxylic acids is 1. The molecule has 1 atom stereocenters. The highest BCUT2D eigenvalue weighted by atomic mass is 16.3. The molecule has 1 aliphatic heterocycles. The highest BCUT2D eigenvalue weighted by molar-refractivity contribution is 5.86. The summed E-state index contributed by atoms with van der Waals surface area (Å²) in [6.07, 6.45) is 11.3. The predicted octanol–water partition coefficient (Wildman–Crippen LogP) is 2.10. The Morgan fingerprint density at radius 1 is 1.29 bits per heavy atom. The Morgan fingerprint density at radius 3 is 2.88 bits per heavy atom. The van der Waals surface area contributed by atoms with Crippen LogP contribution in [0.2, 0.25) is 0 Å². The Hall–Kier alpha value is -1.46. The molecule has 1 amide bonds. The van der Waals surface area contributed by atoms with Crippen molar-refractivity contribution in [3.8, 4) is 0 Å². The fourth-order valence-electron chi connectivity index (χ4n) is 4.00. The number of aliphatic hydroxyl groups is 1. The molecular formula is C19H29N3O2. The summed E-state index contributed by atoms with van der Waals surface area (Å²) in [7, 11) is 0. The first-order valence-corrected chi connectivity index (χ1v) is 9.29. The van der Waals surface area contributed by atoms with Crippen LogP contribution in [-0.4, -0.2) is 46.1 Å². The molecule has 1 aliphatic carbocycles. The number of carbonyl (C=O) groups is 1. The minimum atomic E-state index is -1.25. The SMILES string of the molecule is O=C1N(CC2CCCCC2)CCC[C@@]1(O)CNCc1cccnc1. The number of likely N-dealkylation sites (tertiary alicyclic amines) is 1. The summed E-state index contributed by atoms with van der Waals surface area (Å²) in [5.74, 6) is 0.534. The Labute approximate surface area is 144 Å². The lowest BCUT2D eigenvalue weighted by Gasteiger charge is -2.40. The highest BCUT2D eigenvalue weighted by Gasteiger charge is 2.42. The van der Waals surface area contributed by atoms with Crippen LogP contribution >= 0.6 is 0 Å². The Bertz CT molecular complexity index is 531. The van der Waals surface area contributed by atoms with Crippen molar-refractivity contribution in [3.05, 3.63) is 30.1 Å². The molecule has 0 radical (unpaired) electrons. The molecule has 1 saturated heterocycles. The van der Waals surface area contributed by atoms with E-state index in [1.54, 1.807) is 12.4 Å². The van der Waals surface area contributed by atoms with Crippen LogP contribution < -0.4 is 5.32 Å². The van der Waals surface area contributed by atoms with Gasteiger partial charge in [0.15, 0.2) is 5.60 Å². The quantitative estimate of drug-likeness (QED) is 0.838. The fourth-order valence-corrected chi connectivity index (χ4v) is 4.00. The molecule has 1 saturated carbocycles. The molecule has 2 fully saturated rings. The van der Waals surface area contributed by atoms with Gasteiger partial charge in [0.25, 0.3) is 5.91 Å². The van der Waals surface area contributed by atoms with Crippen molar-refractivity contribution in [2.24, 2.45) is 5.92 Å². The van der Waals surface area contributed by atoms with E-state index in [2.05, 4.69) is 10.3 Å². The third kappa shape index (κ3) is 4.33. The summed E-state index contributed by atoms with van der Waals surface area (Å²) < 4.78 is 0. The normalized spacial score (nSPS) is 25.9. The summed E-state index contributed by atoms with van der Waals surface area (Å²) in [5, 5.41) is 14.1. The predicted molar refractivity (Wildman–Crippen MR) is 93.3 cm³/mol. The van der Waals surface area contributed by atoms with Gasteiger partial charge in [0, 0.05) is 38.6 Å². The minimum absolute atomic E-state index is 0.0852. The lowest BCUT2D eigenvalue weighted by atomic mass is 9.86. The van der Waals surface area contributed by atoms with Crippen LogP contribution in [0.5, 0.6) is 0 Å². The van der Waals surface area contributed by atoms with E-state index in [4.69, 9.17) is 0 Å². The van der Waals surface area contributed by atoms with Crippen molar-refractivity contribution in [2.45, 2.75) is 57.1 Å². The molecule has 0 spiro atoms. The first-order chi connectivity index (χ1) is 11.7. The van der Waals surface area contributed by atoms with E-state index in [0.717, 1.165) is 25.1 Å². The molecule has 3 rings (SSSR count). The summed E-state index contributed by atoms with van der Waals surface area (Å²) in [6, 6.07) is 3.88. The van der Waals surface area contributed by atoms with Gasteiger partial charge < -0.3 is 15.3 Å². The molecule has 1 aromatic rings. The second-order valence-electron chi connectivity index (χ2n) is 7.36. The number of amides is 1. The maximum Gasteiger partial charge on any atom is 0.255 e. The number of nitrogens with one attached hydrogen (secondary N) is 1. The van der Waals surface area contributed by atoms with Crippen LogP contribution in [0.4, 0.5) is 0 Å². The van der Waals surface area contributed by atoms with Crippen molar-refractivity contribution < 1.29 is 9.90 Å². The van der Waals surface area contributed by atoms with E-state index in [1.807, 2.05) is 17.0 Å². The van der Waals surface area contributed by atoms with Crippen molar-refractivity contribution >= 4 is 5.91 Å². The van der Waals surface area contributed by atoms with Gasteiger partial charge in [0.1, 0.15) is 0 Å². The number of aromatic nitrogens is 1. The van der Waals surface area contributed by atoms with Crippen LogP contribution in [0.25, 0.3) is 0 Å². The van der Waals surface area contributed by atoms with Crippen molar-refractivity contribution in [1.82, 2.24) is 15.2 Å². The van der Waals surface area contributed by atoms with Crippen LogP contribution in [0.3, 0.4) is 0 Å². The van der Waals surface area contributed by atoms with E-state index in [9.17, 15) is 9.90 Å². The number of hydrogen-bond donors (Lipinski definition) is 2. The van der Waals surface area contributed by atoms with E-state index < -0.39 is 5.60 Å². The van der Waals surface area contributed by atoms with E-state index in [-0.39, 0.29) is 5.91 Å².